The summed E-state index contributed by atoms with van der Waals surface area (Å²) in [6.07, 6.45) is 3.17. The molecule has 0 spiro atoms. The molecule has 11 N–H and O–H groups in total. The van der Waals surface area contributed by atoms with Crippen molar-refractivity contribution in [3.8, 4) is 0 Å². The minimum Gasteiger partial charge on any atom is -0.480 e. The Kier molecular flexibility index (Phi) is 12.9. The summed E-state index contributed by atoms with van der Waals surface area (Å²) in [6, 6.07) is 12.3. The van der Waals surface area contributed by atoms with Gasteiger partial charge in [-0.15, -0.1) is 0 Å². The average molecular weight is 621 g/mol. The smallest absolute Gasteiger partial charge is 0.326 e. The number of rotatable bonds is 17. The summed E-state index contributed by atoms with van der Waals surface area (Å²) in [5.74, 6) is -3.32. The van der Waals surface area contributed by atoms with Crippen molar-refractivity contribution in [2.24, 2.45) is 28.1 Å². The highest BCUT2D eigenvalue weighted by Crippen LogP contribution is 2.19. The number of hydrogen-bond donors (Lipinski definition) is 8. The van der Waals surface area contributed by atoms with E-state index in [0.717, 1.165) is 22.0 Å². The van der Waals surface area contributed by atoms with E-state index in [1.807, 2.05) is 56.3 Å². The second kappa shape index (κ2) is 16.8. The number of nitrogens with zero attached hydrogens (tertiary/aromatic N) is 1. The molecule has 242 valence electrons. The van der Waals surface area contributed by atoms with Crippen molar-refractivity contribution >= 4 is 40.6 Å². The van der Waals surface area contributed by atoms with Gasteiger partial charge in [0.2, 0.25) is 17.7 Å². The van der Waals surface area contributed by atoms with Crippen molar-refractivity contribution in [1.82, 2.24) is 20.9 Å². The highest BCUT2D eigenvalue weighted by Gasteiger charge is 2.33. The number of aliphatic imine (C=N–C) groups is 1. The largest absolute Gasteiger partial charge is 0.480 e. The molecule has 0 fully saturated rings. The van der Waals surface area contributed by atoms with E-state index in [-0.39, 0.29) is 24.7 Å². The van der Waals surface area contributed by atoms with Gasteiger partial charge in [0.05, 0.1) is 6.04 Å². The molecule has 13 heteroatoms. The zero-order valence-corrected chi connectivity index (χ0v) is 25.7. The fraction of sp³-hybridized carbons (Fsp3) is 0.406. The first-order chi connectivity index (χ1) is 21.5. The highest BCUT2D eigenvalue weighted by atomic mass is 16.4. The molecule has 1 aromatic heterocycles. The van der Waals surface area contributed by atoms with E-state index in [4.69, 9.17) is 17.2 Å². The normalized spacial score (nSPS) is 14.4. The van der Waals surface area contributed by atoms with Crippen LogP contribution in [0.1, 0.15) is 44.2 Å². The Morgan fingerprint density at radius 1 is 0.889 bits per heavy atom. The maximum absolute atomic E-state index is 13.7. The number of nitrogens with one attached hydrogen (secondary N) is 4. The lowest BCUT2D eigenvalue weighted by Gasteiger charge is -2.28. The van der Waals surface area contributed by atoms with Crippen LogP contribution in [-0.2, 0) is 32.0 Å². The van der Waals surface area contributed by atoms with Crippen LogP contribution < -0.4 is 33.2 Å². The number of guanidine groups is 1. The minimum atomic E-state index is -1.26. The van der Waals surface area contributed by atoms with Crippen LogP contribution >= 0.6 is 0 Å². The number of hydrogen-bond acceptors (Lipinski definition) is 6. The highest BCUT2D eigenvalue weighted by molar-refractivity contribution is 5.94. The third kappa shape index (κ3) is 10.3. The van der Waals surface area contributed by atoms with Gasteiger partial charge in [-0.2, -0.15) is 0 Å². The van der Waals surface area contributed by atoms with Crippen molar-refractivity contribution < 1.29 is 24.3 Å². The molecule has 3 amide bonds. The summed E-state index contributed by atoms with van der Waals surface area (Å²) in [4.78, 5) is 59.5. The molecule has 1 heterocycles. The van der Waals surface area contributed by atoms with E-state index in [1.165, 1.54) is 0 Å². The number of fused-ring (bicyclic) bond motifs is 1. The number of aromatic nitrogens is 1. The number of carbonyl (C=O) groups excluding carboxylic acids is 3. The molecule has 5 unspecified atom stereocenters. The van der Waals surface area contributed by atoms with E-state index in [0.29, 0.717) is 25.8 Å². The van der Waals surface area contributed by atoms with Crippen LogP contribution in [-0.4, -0.2) is 70.5 Å². The van der Waals surface area contributed by atoms with Crippen molar-refractivity contribution in [2.75, 3.05) is 6.54 Å². The van der Waals surface area contributed by atoms with Gasteiger partial charge in [0.25, 0.3) is 0 Å². The Hall–Kier alpha value is -4.91. The molecule has 0 aliphatic carbocycles. The molecule has 5 atom stereocenters. The van der Waals surface area contributed by atoms with Gasteiger partial charge < -0.3 is 43.2 Å². The van der Waals surface area contributed by atoms with Gasteiger partial charge in [-0.25, -0.2) is 4.79 Å². The first-order valence-corrected chi connectivity index (χ1v) is 15.0. The molecule has 45 heavy (non-hydrogen) atoms. The Morgan fingerprint density at radius 2 is 1.56 bits per heavy atom. The molecule has 13 nitrogen and oxygen atoms in total. The van der Waals surface area contributed by atoms with Crippen LogP contribution in [0.3, 0.4) is 0 Å². The Bertz CT molecular complexity index is 1470. The van der Waals surface area contributed by atoms with Crippen molar-refractivity contribution in [3.63, 3.8) is 0 Å². The molecule has 0 radical (unpaired) electrons. The zero-order valence-electron chi connectivity index (χ0n) is 25.7. The van der Waals surface area contributed by atoms with Gasteiger partial charge in [0.15, 0.2) is 5.96 Å². The van der Waals surface area contributed by atoms with Crippen LogP contribution in [0.2, 0.25) is 0 Å². The lowest BCUT2D eigenvalue weighted by atomic mass is 9.96. The van der Waals surface area contributed by atoms with Crippen LogP contribution in [0.4, 0.5) is 0 Å². The molecule has 2 aromatic carbocycles. The number of aliphatic carboxylic acids is 1. The standard InChI is InChI=1S/C32H44N8O5/c1-3-19(2)27(40-28(41)23(33)13-9-15-36-32(34)35)30(43)38-25(16-20-10-5-4-6-11-20)29(42)39-26(31(44)45)17-21-18-37-24-14-8-7-12-22(21)24/h4-8,10-12,14,18-19,23,25-27,37H,3,9,13,15-17,33H2,1-2H3,(H,38,43)(H,39,42)(H,40,41)(H,44,45)(H4,34,35,36). The van der Waals surface area contributed by atoms with Gasteiger partial charge in [-0.1, -0.05) is 68.8 Å². The summed E-state index contributed by atoms with van der Waals surface area (Å²) >= 11 is 0. The molecular weight excluding hydrogens is 576 g/mol. The summed E-state index contributed by atoms with van der Waals surface area (Å²) in [6.45, 7) is 4.00. The molecule has 0 bridgehead atoms. The number of benzene rings is 2. The van der Waals surface area contributed by atoms with Crippen molar-refractivity contribution in [2.45, 2.75) is 70.1 Å². The zero-order chi connectivity index (χ0) is 32.9. The molecule has 3 aromatic rings. The van der Waals surface area contributed by atoms with Crippen molar-refractivity contribution in [1.29, 1.82) is 0 Å². The van der Waals surface area contributed by atoms with Gasteiger partial charge >= 0.3 is 5.97 Å². The third-order valence-corrected chi connectivity index (χ3v) is 7.73. The van der Waals surface area contributed by atoms with E-state index in [9.17, 15) is 24.3 Å². The number of carbonyl (C=O) groups is 4. The predicted molar refractivity (Wildman–Crippen MR) is 173 cm³/mol. The van der Waals surface area contributed by atoms with E-state index >= 15 is 0 Å². The topological polar surface area (TPSA) is 231 Å². The Balaban J connectivity index is 1.77. The molecular formula is C32H44N8O5. The second-order valence-corrected chi connectivity index (χ2v) is 11.1. The molecule has 0 saturated heterocycles. The number of H-pyrrole nitrogens is 1. The number of carboxylic acid groups (broad SMARTS) is 1. The van der Waals surface area contributed by atoms with E-state index in [2.05, 4.69) is 25.9 Å². The Labute approximate surface area is 262 Å². The lowest BCUT2D eigenvalue weighted by Crippen LogP contribution is -2.59. The van der Waals surface area contributed by atoms with Crippen LogP contribution in [0.25, 0.3) is 10.9 Å². The molecule has 0 saturated carbocycles. The van der Waals surface area contributed by atoms with E-state index in [1.54, 1.807) is 18.3 Å². The second-order valence-electron chi connectivity index (χ2n) is 11.1. The number of para-hydroxylation sites is 1. The lowest BCUT2D eigenvalue weighted by molar-refractivity contribution is -0.142. The Morgan fingerprint density at radius 3 is 2.22 bits per heavy atom. The van der Waals surface area contributed by atoms with Crippen LogP contribution in [0, 0.1) is 5.92 Å². The fourth-order valence-corrected chi connectivity index (χ4v) is 4.93. The SMILES string of the molecule is CCC(C)C(NC(=O)C(N)CCCN=C(N)N)C(=O)NC(Cc1ccccc1)C(=O)NC(Cc1c[nH]c2ccccc12)C(=O)O. The number of carboxylic acids is 1. The number of nitrogens with two attached hydrogens (primary N) is 3. The number of amides is 3. The fourth-order valence-electron chi connectivity index (χ4n) is 4.93. The van der Waals surface area contributed by atoms with Crippen molar-refractivity contribution in [3.05, 3.63) is 71.9 Å². The molecule has 0 aliphatic rings. The van der Waals surface area contributed by atoms with Crippen LogP contribution in [0.15, 0.2) is 65.8 Å². The van der Waals surface area contributed by atoms with Gasteiger partial charge in [0, 0.05) is 36.5 Å². The van der Waals surface area contributed by atoms with Crippen LogP contribution in [0.5, 0.6) is 0 Å². The van der Waals surface area contributed by atoms with Gasteiger partial charge in [-0.05, 0) is 36.0 Å². The maximum atomic E-state index is 13.7. The van der Waals surface area contributed by atoms with Gasteiger partial charge in [-0.3, -0.25) is 19.4 Å². The average Bonchev–Trinajstić information content (AvgIpc) is 3.43. The van der Waals surface area contributed by atoms with Gasteiger partial charge in [0.1, 0.15) is 18.1 Å². The quantitative estimate of drug-likeness (QED) is 0.0613. The molecule has 0 aliphatic heterocycles. The first kappa shape index (κ1) is 34.6. The monoisotopic (exact) mass is 620 g/mol. The first-order valence-electron chi connectivity index (χ1n) is 15.0. The summed E-state index contributed by atoms with van der Waals surface area (Å²) in [7, 11) is 0. The minimum absolute atomic E-state index is 0.0315. The summed E-state index contributed by atoms with van der Waals surface area (Å²) < 4.78 is 0. The predicted octanol–water partition coefficient (Wildman–Crippen LogP) is 0.919. The van der Waals surface area contributed by atoms with E-state index < -0.39 is 47.9 Å². The summed E-state index contributed by atoms with van der Waals surface area (Å²) in [5, 5.41) is 19.0. The number of aromatic amines is 1. The summed E-state index contributed by atoms with van der Waals surface area (Å²) in [5.41, 5.74) is 19.1. The third-order valence-electron chi connectivity index (χ3n) is 7.73. The maximum Gasteiger partial charge on any atom is 0.326 e. The molecule has 3 rings (SSSR count).